The number of aliphatic carboxylic acids is 1. The van der Waals surface area contributed by atoms with Crippen LogP contribution in [-0.2, 0) is 22.4 Å². The average Bonchev–Trinajstić information content (AvgIpc) is 3.54. The summed E-state index contributed by atoms with van der Waals surface area (Å²) in [7, 11) is 0. The van der Waals surface area contributed by atoms with Gasteiger partial charge < -0.3 is 24.2 Å². The second-order valence-corrected chi connectivity index (χ2v) is 10.6. The number of amides is 1. The SMILES string of the molecule is Cc1c(CC(=O)NC(Cc2c[nH]c3ccccc23)C(=O)O)c(=O)oc2cc3occ(-c4ccc(Br)cc4)c3cc12. The van der Waals surface area contributed by atoms with Gasteiger partial charge in [0.15, 0.2) is 0 Å². The summed E-state index contributed by atoms with van der Waals surface area (Å²) >= 11 is 3.45. The van der Waals surface area contributed by atoms with E-state index in [9.17, 15) is 19.5 Å². The molecular formula is C31H23BrN2O6. The topological polar surface area (TPSA) is 126 Å². The van der Waals surface area contributed by atoms with Crippen molar-refractivity contribution in [2.45, 2.75) is 25.8 Å². The highest BCUT2D eigenvalue weighted by atomic mass is 79.9. The molecule has 1 atom stereocenters. The van der Waals surface area contributed by atoms with Crippen LogP contribution < -0.4 is 10.9 Å². The molecule has 6 aromatic rings. The molecule has 3 aromatic carbocycles. The van der Waals surface area contributed by atoms with E-state index in [1.54, 1.807) is 25.5 Å². The van der Waals surface area contributed by atoms with E-state index >= 15 is 0 Å². The van der Waals surface area contributed by atoms with Crippen LogP contribution in [0.3, 0.4) is 0 Å². The van der Waals surface area contributed by atoms with Crippen LogP contribution in [0.5, 0.6) is 0 Å². The van der Waals surface area contributed by atoms with Crippen LogP contribution in [0.1, 0.15) is 16.7 Å². The van der Waals surface area contributed by atoms with Gasteiger partial charge in [-0.1, -0.05) is 46.3 Å². The molecule has 0 spiro atoms. The van der Waals surface area contributed by atoms with Crippen molar-refractivity contribution in [1.29, 1.82) is 0 Å². The van der Waals surface area contributed by atoms with Gasteiger partial charge in [0.2, 0.25) is 5.91 Å². The van der Waals surface area contributed by atoms with E-state index in [4.69, 9.17) is 8.83 Å². The molecule has 0 fully saturated rings. The summed E-state index contributed by atoms with van der Waals surface area (Å²) in [6, 6.07) is 17.8. The van der Waals surface area contributed by atoms with Crippen molar-refractivity contribution in [2.75, 3.05) is 0 Å². The molecule has 8 nitrogen and oxygen atoms in total. The molecule has 0 saturated heterocycles. The first-order valence-electron chi connectivity index (χ1n) is 12.6. The summed E-state index contributed by atoms with van der Waals surface area (Å²) in [5.41, 5.74) is 4.54. The lowest BCUT2D eigenvalue weighted by Crippen LogP contribution is -2.43. The zero-order valence-electron chi connectivity index (χ0n) is 21.3. The molecule has 3 aromatic heterocycles. The molecule has 0 aliphatic heterocycles. The highest BCUT2D eigenvalue weighted by Gasteiger charge is 2.24. The maximum atomic E-state index is 13.0. The molecular weight excluding hydrogens is 576 g/mol. The van der Waals surface area contributed by atoms with Crippen LogP contribution in [0, 0.1) is 6.92 Å². The lowest BCUT2D eigenvalue weighted by Gasteiger charge is -2.15. The van der Waals surface area contributed by atoms with E-state index in [0.29, 0.717) is 22.1 Å². The number of rotatable bonds is 7. The number of furan rings is 1. The Morgan fingerprint density at radius 2 is 1.80 bits per heavy atom. The van der Waals surface area contributed by atoms with Gasteiger partial charge in [-0.05, 0) is 47.9 Å². The summed E-state index contributed by atoms with van der Waals surface area (Å²) in [4.78, 5) is 41.0. The predicted octanol–water partition coefficient (Wildman–Crippen LogP) is 6.11. The van der Waals surface area contributed by atoms with Crippen molar-refractivity contribution in [1.82, 2.24) is 10.3 Å². The number of halogens is 1. The fourth-order valence-electron chi connectivity index (χ4n) is 5.09. The lowest BCUT2D eigenvalue weighted by molar-refractivity contribution is -0.141. The number of hydrogen-bond acceptors (Lipinski definition) is 5. The molecule has 0 aliphatic carbocycles. The Morgan fingerprint density at radius 1 is 1.02 bits per heavy atom. The summed E-state index contributed by atoms with van der Waals surface area (Å²) in [6.07, 6.45) is 3.18. The van der Waals surface area contributed by atoms with Crippen LogP contribution in [-0.4, -0.2) is 28.0 Å². The quantitative estimate of drug-likeness (QED) is 0.190. The van der Waals surface area contributed by atoms with Crippen LogP contribution in [0.2, 0.25) is 0 Å². The molecule has 0 bridgehead atoms. The minimum atomic E-state index is -1.17. The summed E-state index contributed by atoms with van der Waals surface area (Å²) in [5, 5.41) is 14.8. The van der Waals surface area contributed by atoms with Gasteiger partial charge in [0.25, 0.3) is 0 Å². The van der Waals surface area contributed by atoms with Crippen LogP contribution in [0.4, 0.5) is 0 Å². The number of nitrogens with one attached hydrogen (secondary N) is 2. The third kappa shape index (κ3) is 4.69. The molecule has 3 heterocycles. The van der Waals surface area contributed by atoms with E-state index in [1.165, 1.54) is 0 Å². The first kappa shape index (κ1) is 25.6. The third-order valence-corrected chi connectivity index (χ3v) is 7.73. The number of para-hydroxylation sites is 1. The van der Waals surface area contributed by atoms with Crippen LogP contribution in [0.25, 0.3) is 44.0 Å². The number of hydrogen-bond donors (Lipinski definition) is 3. The summed E-state index contributed by atoms with van der Waals surface area (Å²) in [5.74, 6) is -1.74. The van der Waals surface area contributed by atoms with Gasteiger partial charge in [-0.15, -0.1) is 0 Å². The molecule has 0 aliphatic rings. The smallest absolute Gasteiger partial charge is 0.340 e. The molecule has 1 amide bonds. The molecule has 200 valence electrons. The Kier molecular flexibility index (Phi) is 6.51. The third-order valence-electron chi connectivity index (χ3n) is 7.21. The average molecular weight is 599 g/mol. The fraction of sp³-hybridized carbons (Fsp3) is 0.129. The number of aryl methyl sites for hydroxylation is 1. The minimum Gasteiger partial charge on any atom is -0.480 e. The van der Waals surface area contributed by atoms with Gasteiger partial charge in [0.05, 0.1) is 18.2 Å². The van der Waals surface area contributed by atoms with Gasteiger partial charge in [0.1, 0.15) is 17.2 Å². The number of carboxylic acids is 1. The standard InChI is InChI=1S/C31H23BrN2O6/c1-16-21-11-23-24(17-6-8-19(32)9-7-17)15-39-27(23)13-28(21)40-31(38)22(16)12-29(35)34-26(30(36)37)10-18-14-33-25-5-3-2-4-20(18)25/h2-9,11,13-15,26,33H,10,12H2,1H3,(H,34,35)(H,36,37). The van der Waals surface area contributed by atoms with Crippen molar-refractivity contribution >= 4 is 60.6 Å². The number of aromatic nitrogens is 1. The van der Waals surface area contributed by atoms with Gasteiger partial charge >= 0.3 is 11.6 Å². The molecule has 6 rings (SSSR count). The summed E-state index contributed by atoms with van der Waals surface area (Å²) in [6.45, 7) is 1.76. The largest absolute Gasteiger partial charge is 0.480 e. The zero-order valence-corrected chi connectivity index (χ0v) is 22.9. The number of H-pyrrole nitrogens is 1. The van der Waals surface area contributed by atoms with Crippen molar-refractivity contribution in [3.63, 3.8) is 0 Å². The second kappa shape index (κ2) is 10.2. The highest BCUT2D eigenvalue weighted by Crippen LogP contribution is 2.35. The van der Waals surface area contributed by atoms with Gasteiger partial charge in [-0.3, -0.25) is 4.79 Å². The van der Waals surface area contributed by atoms with Crippen molar-refractivity contribution in [3.05, 3.63) is 105 Å². The Hall–Kier alpha value is -4.63. The molecule has 0 radical (unpaired) electrons. The van der Waals surface area contributed by atoms with E-state index in [0.717, 1.165) is 37.5 Å². The van der Waals surface area contributed by atoms with Crippen molar-refractivity contribution in [3.8, 4) is 11.1 Å². The van der Waals surface area contributed by atoms with Crippen LogP contribution >= 0.6 is 15.9 Å². The first-order chi connectivity index (χ1) is 19.3. The number of fused-ring (bicyclic) bond motifs is 3. The molecule has 40 heavy (non-hydrogen) atoms. The van der Waals surface area contributed by atoms with Crippen molar-refractivity contribution < 1.29 is 23.5 Å². The number of carbonyl (C=O) groups excluding carboxylic acids is 1. The lowest BCUT2D eigenvalue weighted by atomic mass is 9.99. The van der Waals surface area contributed by atoms with Gasteiger partial charge in [0, 0.05) is 50.4 Å². The fourth-order valence-corrected chi connectivity index (χ4v) is 5.36. The zero-order chi connectivity index (χ0) is 28.0. The Balaban J connectivity index is 1.30. The molecule has 1 unspecified atom stereocenters. The highest BCUT2D eigenvalue weighted by molar-refractivity contribution is 9.10. The van der Waals surface area contributed by atoms with Crippen LogP contribution in [0.15, 0.2) is 91.2 Å². The Bertz CT molecular complexity index is 1980. The first-order valence-corrected chi connectivity index (χ1v) is 13.4. The number of carboxylic acid groups (broad SMARTS) is 1. The normalized spacial score (nSPS) is 12.2. The maximum absolute atomic E-state index is 13.0. The van der Waals surface area contributed by atoms with Gasteiger partial charge in [-0.25, -0.2) is 9.59 Å². The summed E-state index contributed by atoms with van der Waals surface area (Å²) < 4.78 is 12.3. The maximum Gasteiger partial charge on any atom is 0.340 e. The number of carbonyl (C=O) groups is 2. The monoisotopic (exact) mass is 598 g/mol. The number of aromatic amines is 1. The molecule has 9 heteroatoms. The molecule has 3 N–H and O–H groups in total. The van der Waals surface area contributed by atoms with E-state index in [1.807, 2.05) is 54.6 Å². The molecule has 0 saturated carbocycles. The van der Waals surface area contributed by atoms with Crippen molar-refractivity contribution in [2.24, 2.45) is 0 Å². The second-order valence-electron chi connectivity index (χ2n) is 9.69. The van der Waals surface area contributed by atoms with Gasteiger partial charge in [-0.2, -0.15) is 0 Å². The number of benzene rings is 3. The van der Waals surface area contributed by atoms with E-state index in [-0.39, 0.29) is 18.4 Å². The van der Waals surface area contributed by atoms with E-state index in [2.05, 4.69) is 26.2 Å². The van der Waals surface area contributed by atoms with E-state index < -0.39 is 23.5 Å². The Labute approximate surface area is 235 Å². The predicted molar refractivity (Wildman–Crippen MR) is 155 cm³/mol. The Morgan fingerprint density at radius 3 is 2.58 bits per heavy atom. The minimum absolute atomic E-state index is 0.0910.